The molecule has 0 atom stereocenters. The van der Waals surface area contributed by atoms with Gasteiger partial charge in [-0.1, -0.05) is 6.07 Å². The molecule has 0 fully saturated rings. The van der Waals surface area contributed by atoms with E-state index in [0.717, 1.165) is 0 Å². The van der Waals surface area contributed by atoms with Crippen LogP contribution in [0.2, 0.25) is 0 Å². The van der Waals surface area contributed by atoms with Crippen molar-refractivity contribution in [2.45, 2.75) is 6.92 Å². The molecule has 0 saturated carbocycles. The lowest BCUT2D eigenvalue weighted by atomic mass is 10.3. The fourth-order valence-corrected chi connectivity index (χ4v) is 1.67. The minimum absolute atomic E-state index is 0.0245. The first kappa shape index (κ1) is 13.2. The van der Waals surface area contributed by atoms with E-state index in [9.17, 15) is 4.39 Å². The molecule has 19 heavy (non-hydrogen) atoms. The average Bonchev–Trinajstić information content (AvgIpc) is 2.89. The summed E-state index contributed by atoms with van der Waals surface area (Å²) in [6.07, 6.45) is 1.54. The van der Waals surface area contributed by atoms with Gasteiger partial charge < -0.3 is 10.2 Å². The van der Waals surface area contributed by atoms with E-state index in [2.05, 4.69) is 5.10 Å². The minimum atomic E-state index is -0.385. The summed E-state index contributed by atoms with van der Waals surface area (Å²) in [4.78, 5) is 0. The summed E-state index contributed by atoms with van der Waals surface area (Å²) in [5.74, 6) is 0.210. The molecule has 0 amide bonds. The molecule has 0 spiro atoms. The van der Waals surface area contributed by atoms with Crippen molar-refractivity contribution in [2.75, 3.05) is 5.01 Å². The molecule has 2 rings (SSSR count). The van der Waals surface area contributed by atoms with Crippen LogP contribution in [0.5, 0.6) is 0 Å². The minimum Gasteiger partial charge on any atom is -0.463 e. The van der Waals surface area contributed by atoms with Crippen LogP contribution >= 0.6 is 12.2 Å². The molecule has 1 aromatic heterocycles. The van der Waals surface area contributed by atoms with Gasteiger partial charge in [0.05, 0.1) is 12.0 Å². The Morgan fingerprint density at radius 3 is 2.74 bits per heavy atom. The van der Waals surface area contributed by atoms with Crippen molar-refractivity contribution in [2.24, 2.45) is 10.8 Å². The maximum absolute atomic E-state index is 13.2. The monoisotopic (exact) mass is 277 g/mol. The van der Waals surface area contributed by atoms with Gasteiger partial charge in [0.1, 0.15) is 17.3 Å². The van der Waals surface area contributed by atoms with E-state index in [1.807, 2.05) is 0 Å². The number of nitrogens with zero attached hydrogens (tertiary/aromatic N) is 2. The Labute approximate surface area is 115 Å². The van der Waals surface area contributed by atoms with Crippen LogP contribution in [-0.2, 0) is 0 Å². The van der Waals surface area contributed by atoms with E-state index >= 15 is 0 Å². The summed E-state index contributed by atoms with van der Waals surface area (Å²) in [6.45, 7) is 1.75. The van der Waals surface area contributed by atoms with E-state index in [-0.39, 0.29) is 10.9 Å². The number of hydrogen-bond acceptors (Lipinski definition) is 3. The molecule has 98 valence electrons. The number of benzene rings is 1. The third-order valence-electron chi connectivity index (χ3n) is 2.39. The molecule has 4 nitrogen and oxygen atoms in total. The van der Waals surface area contributed by atoms with Crippen molar-refractivity contribution < 1.29 is 8.81 Å². The molecule has 0 bridgehead atoms. The molecule has 1 heterocycles. The van der Waals surface area contributed by atoms with E-state index in [1.165, 1.54) is 17.1 Å². The predicted octanol–water partition coefficient (Wildman–Crippen LogP) is 2.89. The number of furan rings is 1. The van der Waals surface area contributed by atoms with Crippen LogP contribution in [0.25, 0.3) is 0 Å². The van der Waals surface area contributed by atoms with Crippen LogP contribution in [0.15, 0.2) is 52.2 Å². The van der Waals surface area contributed by atoms with Crippen molar-refractivity contribution in [1.82, 2.24) is 0 Å². The van der Waals surface area contributed by atoms with Crippen molar-refractivity contribution >= 4 is 28.7 Å². The number of halogens is 1. The molecule has 1 aromatic carbocycles. The standard InChI is InChI=1S/C13H12FN3OS/c1-9(12-6-3-7-18-12)16-17(13(15)19)11-5-2-4-10(14)8-11/h2-8H,1H3,(H2,15,19). The van der Waals surface area contributed by atoms with Gasteiger partial charge in [-0.3, -0.25) is 0 Å². The smallest absolute Gasteiger partial charge is 0.191 e. The number of hydrazone groups is 1. The van der Waals surface area contributed by atoms with Crippen molar-refractivity contribution in [3.63, 3.8) is 0 Å². The second kappa shape index (κ2) is 5.62. The molecule has 2 aromatic rings. The third-order valence-corrected chi connectivity index (χ3v) is 2.56. The zero-order valence-electron chi connectivity index (χ0n) is 10.2. The fraction of sp³-hybridized carbons (Fsp3) is 0.0769. The Morgan fingerprint density at radius 2 is 2.16 bits per heavy atom. The molecule has 0 aliphatic rings. The molecular weight excluding hydrogens is 265 g/mol. The molecule has 0 radical (unpaired) electrons. The van der Waals surface area contributed by atoms with Gasteiger partial charge in [-0.25, -0.2) is 9.40 Å². The summed E-state index contributed by atoms with van der Waals surface area (Å²) in [5.41, 5.74) is 6.66. The Bertz CT molecular complexity index is 610. The molecule has 6 heteroatoms. The van der Waals surface area contributed by atoms with Gasteiger partial charge in [0.25, 0.3) is 0 Å². The maximum atomic E-state index is 13.2. The van der Waals surface area contributed by atoms with Gasteiger partial charge in [0, 0.05) is 0 Å². The highest BCUT2D eigenvalue weighted by atomic mass is 32.1. The van der Waals surface area contributed by atoms with E-state index in [4.69, 9.17) is 22.4 Å². The van der Waals surface area contributed by atoms with Crippen LogP contribution in [-0.4, -0.2) is 10.8 Å². The van der Waals surface area contributed by atoms with Gasteiger partial charge in [0.2, 0.25) is 0 Å². The summed E-state index contributed by atoms with van der Waals surface area (Å²) in [7, 11) is 0. The highest BCUT2D eigenvalue weighted by Crippen LogP contribution is 2.17. The van der Waals surface area contributed by atoms with Gasteiger partial charge in [-0.05, 0) is 49.5 Å². The Morgan fingerprint density at radius 1 is 1.37 bits per heavy atom. The van der Waals surface area contributed by atoms with Gasteiger partial charge in [0.15, 0.2) is 5.11 Å². The maximum Gasteiger partial charge on any atom is 0.191 e. The number of thiocarbonyl (C=S) groups is 1. The number of rotatable bonds is 3. The Hall–Kier alpha value is -2.21. The summed E-state index contributed by atoms with van der Waals surface area (Å²) in [5, 5.41) is 5.57. The first-order chi connectivity index (χ1) is 9.08. The third kappa shape index (κ3) is 3.17. The summed E-state index contributed by atoms with van der Waals surface area (Å²) < 4.78 is 18.4. The van der Waals surface area contributed by atoms with Gasteiger partial charge >= 0.3 is 0 Å². The quantitative estimate of drug-likeness (QED) is 0.532. The van der Waals surface area contributed by atoms with Crippen molar-refractivity contribution in [1.29, 1.82) is 0 Å². The number of nitrogens with two attached hydrogens (primary N) is 1. The average molecular weight is 277 g/mol. The first-order valence-corrected chi connectivity index (χ1v) is 5.93. The van der Waals surface area contributed by atoms with Crippen molar-refractivity contribution in [3.8, 4) is 0 Å². The van der Waals surface area contributed by atoms with Crippen LogP contribution in [0.3, 0.4) is 0 Å². The number of anilines is 1. The second-order valence-corrected chi connectivity index (χ2v) is 4.21. The van der Waals surface area contributed by atoms with Crippen LogP contribution in [0.4, 0.5) is 10.1 Å². The van der Waals surface area contributed by atoms with Crippen LogP contribution in [0.1, 0.15) is 12.7 Å². The fourth-order valence-electron chi connectivity index (χ4n) is 1.53. The number of hydrogen-bond donors (Lipinski definition) is 1. The van der Waals surface area contributed by atoms with Gasteiger partial charge in [-0.2, -0.15) is 5.10 Å². The molecule has 0 aliphatic carbocycles. The highest BCUT2D eigenvalue weighted by Gasteiger charge is 2.11. The molecule has 0 unspecified atom stereocenters. The lowest BCUT2D eigenvalue weighted by molar-refractivity contribution is 0.557. The lowest BCUT2D eigenvalue weighted by Crippen LogP contribution is -2.31. The van der Waals surface area contributed by atoms with E-state index in [0.29, 0.717) is 17.2 Å². The zero-order chi connectivity index (χ0) is 13.8. The molecule has 2 N–H and O–H groups in total. The molecular formula is C13H12FN3OS. The normalized spacial score (nSPS) is 11.4. The van der Waals surface area contributed by atoms with Crippen LogP contribution in [0, 0.1) is 5.82 Å². The largest absolute Gasteiger partial charge is 0.463 e. The second-order valence-electron chi connectivity index (χ2n) is 3.79. The first-order valence-electron chi connectivity index (χ1n) is 5.52. The van der Waals surface area contributed by atoms with E-state index in [1.54, 1.807) is 37.5 Å². The summed E-state index contributed by atoms with van der Waals surface area (Å²) in [6, 6.07) is 9.39. The van der Waals surface area contributed by atoms with Crippen molar-refractivity contribution in [3.05, 3.63) is 54.2 Å². The molecule has 0 saturated heterocycles. The Kier molecular flexibility index (Phi) is 3.91. The van der Waals surface area contributed by atoms with E-state index < -0.39 is 0 Å². The lowest BCUT2D eigenvalue weighted by Gasteiger charge is -2.17. The SMILES string of the molecule is CC(=NN(C(N)=S)c1cccc(F)c1)c1ccco1. The van der Waals surface area contributed by atoms with Crippen LogP contribution < -0.4 is 10.7 Å². The molecule has 0 aliphatic heterocycles. The predicted molar refractivity (Wildman–Crippen MR) is 76.6 cm³/mol. The zero-order valence-corrected chi connectivity index (χ0v) is 11.0. The summed E-state index contributed by atoms with van der Waals surface area (Å²) >= 11 is 4.93. The topological polar surface area (TPSA) is 54.8 Å². The Balaban J connectivity index is 2.37. The van der Waals surface area contributed by atoms with Gasteiger partial charge in [-0.15, -0.1) is 0 Å². The highest BCUT2D eigenvalue weighted by molar-refractivity contribution is 7.80.